The molecule has 0 saturated carbocycles. The van der Waals surface area contributed by atoms with Crippen molar-refractivity contribution in [1.29, 1.82) is 0 Å². The molecule has 0 atom stereocenters. The number of rotatable bonds is 7. The van der Waals surface area contributed by atoms with E-state index in [1.165, 1.54) is 12.1 Å². The molecule has 0 amide bonds. The van der Waals surface area contributed by atoms with Crippen molar-refractivity contribution in [3.05, 3.63) is 236 Å². The minimum Gasteiger partial charge on any atom is -0.308 e. The highest BCUT2D eigenvalue weighted by atomic mass is 19.1. The van der Waals surface area contributed by atoms with E-state index in [9.17, 15) is 0 Å². The van der Waals surface area contributed by atoms with Gasteiger partial charge in [-0.1, -0.05) is 121 Å². The summed E-state index contributed by atoms with van der Waals surface area (Å²) in [7, 11) is 0. The molecule has 0 radical (unpaired) electrons. The molecule has 0 aliphatic rings. The number of fused-ring (bicyclic) bond motifs is 6. The van der Waals surface area contributed by atoms with Gasteiger partial charge in [-0.05, 0) is 106 Å². The third kappa shape index (κ3) is 6.51. The summed E-state index contributed by atoms with van der Waals surface area (Å²) in [6.07, 6.45) is 3.68. The Hall–Kier alpha value is -8.99. The van der Waals surface area contributed by atoms with Gasteiger partial charge in [0.15, 0.2) is 5.69 Å². The third-order valence-corrected chi connectivity index (χ3v) is 12.5. The number of aromatic nitrogens is 4. The zero-order valence-electron chi connectivity index (χ0n) is 35.2. The fourth-order valence-corrected chi connectivity index (χ4v) is 9.53. The quantitative estimate of drug-likeness (QED) is 0.150. The van der Waals surface area contributed by atoms with Crippen LogP contribution < -0.4 is 0 Å². The van der Waals surface area contributed by atoms with Crippen LogP contribution in [0, 0.1) is 18.2 Å². The molecule has 7 heteroatoms. The van der Waals surface area contributed by atoms with Crippen LogP contribution in [0.15, 0.2) is 213 Å². The lowest BCUT2D eigenvalue weighted by Gasteiger charge is -2.20. The van der Waals surface area contributed by atoms with E-state index in [0.717, 1.165) is 106 Å². The monoisotopic (exact) mass is 851 g/mol. The van der Waals surface area contributed by atoms with Gasteiger partial charge in [0.2, 0.25) is 0 Å². The van der Waals surface area contributed by atoms with Crippen LogP contribution in [-0.2, 0) is 0 Å². The highest BCUT2D eigenvalue weighted by Gasteiger charge is 2.23. The van der Waals surface area contributed by atoms with Crippen LogP contribution >= 0.6 is 0 Å². The second kappa shape index (κ2) is 15.7. The molecule has 4 aromatic heterocycles. The summed E-state index contributed by atoms with van der Waals surface area (Å²) in [4.78, 5) is 13.5. The second-order valence-electron chi connectivity index (χ2n) is 16.4. The Morgan fingerprint density at radius 1 is 0.364 bits per heavy atom. The SMILES string of the molecule is [C-]#[N+]c1cc(-n2c3ccccc3c3ccc(-c4ccnc(-c5ccccc5)c4)cc32)c(-n2c3ccccc3c3ccc(-c4ccnc(-c5ccccc5)c4)cc32)cc1-c1cc(F)cc(F)c1. The lowest BCUT2D eigenvalue weighted by Crippen LogP contribution is -2.04. The van der Waals surface area contributed by atoms with Crippen LogP contribution in [-0.4, -0.2) is 19.1 Å². The summed E-state index contributed by atoms with van der Waals surface area (Å²) in [5.41, 5.74) is 13.9. The molecule has 0 aliphatic heterocycles. The van der Waals surface area contributed by atoms with Crippen molar-refractivity contribution in [3.63, 3.8) is 0 Å². The first-order valence-corrected chi connectivity index (χ1v) is 21.6. The maximum absolute atomic E-state index is 15.1. The molecule has 66 heavy (non-hydrogen) atoms. The van der Waals surface area contributed by atoms with Crippen molar-refractivity contribution in [3.8, 4) is 67.3 Å². The summed E-state index contributed by atoms with van der Waals surface area (Å²) < 4.78 is 34.7. The molecule has 0 fully saturated rings. The Balaban J connectivity index is 1.16. The van der Waals surface area contributed by atoms with E-state index in [-0.39, 0.29) is 11.3 Å². The Morgan fingerprint density at radius 3 is 1.30 bits per heavy atom. The lowest BCUT2D eigenvalue weighted by molar-refractivity contribution is 0.584. The summed E-state index contributed by atoms with van der Waals surface area (Å²) >= 11 is 0. The number of hydrogen-bond acceptors (Lipinski definition) is 2. The topological polar surface area (TPSA) is 40.0 Å². The molecule has 0 bridgehead atoms. The number of pyridine rings is 2. The van der Waals surface area contributed by atoms with Crippen molar-refractivity contribution in [2.45, 2.75) is 0 Å². The number of para-hydroxylation sites is 2. The Kier molecular flexibility index (Phi) is 9.18. The standard InChI is InChI=1S/C59H35F2N5/c1-62-53-36-59(66-55-19-11-9-17-47(55)49-23-21-40(33-57(49)66)42-25-27-64-52(31-42)38-14-6-3-7-15-38)58(35-50(53)43-28-44(60)34-45(61)29-43)65-54-18-10-8-16-46(54)48-22-20-39(32-56(48)65)41-24-26-63-51(30-41)37-12-4-2-5-13-37/h2-36H. The van der Waals surface area contributed by atoms with Gasteiger partial charge in [0.05, 0.1) is 51.4 Å². The number of hydrogen-bond donors (Lipinski definition) is 0. The van der Waals surface area contributed by atoms with E-state index in [0.29, 0.717) is 5.56 Å². The molecule has 12 aromatic rings. The largest absolute Gasteiger partial charge is 0.308 e. The molecule has 4 heterocycles. The lowest BCUT2D eigenvalue weighted by atomic mass is 10.0. The van der Waals surface area contributed by atoms with Crippen molar-refractivity contribution < 1.29 is 8.78 Å². The summed E-state index contributed by atoms with van der Waals surface area (Å²) in [6, 6.07) is 65.4. The van der Waals surface area contributed by atoms with Crippen LogP contribution in [0.1, 0.15) is 0 Å². The molecule has 0 aliphatic carbocycles. The Morgan fingerprint density at radius 2 is 0.803 bits per heavy atom. The van der Waals surface area contributed by atoms with Crippen LogP contribution in [0.3, 0.4) is 0 Å². The Bertz CT molecular complexity index is 3900. The third-order valence-electron chi connectivity index (χ3n) is 12.5. The van der Waals surface area contributed by atoms with Crippen molar-refractivity contribution in [2.24, 2.45) is 0 Å². The maximum atomic E-state index is 15.1. The van der Waals surface area contributed by atoms with Crippen molar-refractivity contribution >= 4 is 49.3 Å². The van der Waals surface area contributed by atoms with E-state index in [4.69, 9.17) is 16.5 Å². The summed E-state index contributed by atoms with van der Waals surface area (Å²) in [6.45, 7) is 8.55. The van der Waals surface area contributed by atoms with E-state index in [1.807, 2.05) is 97.3 Å². The molecule has 0 N–H and O–H groups in total. The first-order chi connectivity index (χ1) is 32.5. The highest BCUT2D eigenvalue weighted by molar-refractivity contribution is 6.13. The van der Waals surface area contributed by atoms with Crippen LogP contribution in [0.5, 0.6) is 0 Å². The van der Waals surface area contributed by atoms with E-state index in [2.05, 4.69) is 111 Å². The average Bonchev–Trinajstić information content (AvgIpc) is 3.88. The van der Waals surface area contributed by atoms with Crippen molar-refractivity contribution in [2.75, 3.05) is 0 Å². The second-order valence-corrected chi connectivity index (χ2v) is 16.4. The first kappa shape index (κ1) is 38.7. The predicted octanol–water partition coefficient (Wildman–Crippen LogP) is 15.8. The molecule has 0 unspecified atom stereocenters. The number of halogens is 2. The minimum atomic E-state index is -0.721. The van der Waals surface area contributed by atoms with Gasteiger partial charge in [-0.3, -0.25) is 9.97 Å². The van der Waals surface area contributed by atoms with Gasteiger partial charge in [-0.25, -0.2) is 13.6 Å². The molecule has 12 rings (SSSR count). The molecule has 0 saturated heterocycles. The van der Waals surface area contributed by atoms with E-state index >= 15 is 8.78 Å². The van der Waals surface area contributed by atoms with Gasteiger partial charge in [-0.2, -0.15) is 0 Å². The van der Waals surface area contributed by atoms with E-state index in [1.54, 1.807) is 0 Å². The van der Waals surface area contributed by atoms with Crippen LogP contribution in [0.4, 0.5) is 14.5 Å². The predicted molar refractivity (Wildman–Crippen MR) is 264 cm³/mol. The minimum absolute atomic E-state index is 0.258. The van der Waals surface area contributed by atoms with Gasteiger partial charge in [-0.15, -0.1) is 0 Å². The number of nitrogens with zero attached hydrogens (tertiary/aromatic N) is 5. The van der Waals surface area contributed by atoms with Crippen LogP contribution in [0.25, 0.3) is 116 Å². The maximum Gasteiger partial charge on any atom is 0.197 e. The fourth-order valence-electron chi connectivity index (χ4n) is 9.53. The molecule has 310 valence electrons. The molecule has 5 nitrogen and oxygen atoms in total. The smallest absolute Gasteiger partial charge is 0.197 e. The highest BCUT2D eigenvalue weighted by Crippen LogP contribution is 2.44. The van der Waals surface area contributed by atoms with Gasteiger partial charge < -0.3 is 9.13 Å². The molecular weight excluding hydrogens is 817 g/mol. The average molecular weight is 852 g/mol. The molecule has 0 spiro atoms. The molecular formula is C59H35F2N5. The van der Waals surface area contributed by atoms with Crippen molar-refractivity contribution in [1.82, 2.24) is 19.1 Å². The summed E-state index contributed by atoms with van der Waals surface area (Å²) in [5, 5.41) is 4.15. The number of benzene rings is 8. The van der Waals surface area contributed by atoms with Gasteiger partial charge in [0.1, 0.15) is 11.6 Å². The zero-order chi connectivity index (χ0) is 44.3. The van der Waals surface area contributed by atoms with Gasteiger partial charge in [0.25, 0.3) is 0 Å². The van der Waals surface area contributed by atoms with Crippen LogP contribution in [0.2, 0.25) is 0 Å². The fraction of sp³-hybridized carbons (Fsp3) is 0. The zero-order valence-corrected chi connectivity index (χ0v) is 35.2. The Labute approximate surface area is 378 Å². The first-order valence-electron chi connectivity index (χ1n) is 21.6. The molecule has 8 aromatic carbocycles. The normalized spacial score (nSPS) is 11.5. The van der Waals surface area contributed by atoms with Gasteiger partial charge in [0, 0.05) is 51.1 Å². The van der Waals surface area contributed by atoms with E-state index < -0.39 is 11.6 Å². The summed E-state index contributed by atoms with van der Waals surface area (Å²) in [5.74, 6) is -1.44. The van der Waals surface area contributed by atoms with Gasteiger partial charge >= 0.3 is 0 Å².